The molecule has 0 aromatic heterocycles. The largest absolute Gasteiger partial charge is 0.369 e. The minimum atomic E-state index is 0.139. The maximum absolute atomic E-state index is 6.41. The van der Waals surface area contributed by atoms with E-state index in [9.17, 15) is 0 Å². The van der Waals surface area contributed by atoms with Gasteiger partial charge in [-0.3, -0.25) is 4.90 Å². The first-order chi connectivity index (χ1) is 10.1. The van der Waals surface area contributed by atoms with Gasteiger partial charge in [0.15, 0.2) is 0 Å². The van der Waals surface area contributed by atoms with E-state index in [1.165, 1.54) is 43.7 Å². The number of hydrogen-bond acceptors (Lipinski definition) is 3. The summed E-state index contributed by atoms with van der Waals surface area (Å²) < 4.78 is 0. The minimum Gasteiger partial charge on any atom is -0.369 e. The zero-order valence-electron chi connectivity index (χ0n) is 12.9. The van der Waals surface area contributed by atoms with E-state index in [4.69, 9.17) is 17.3 Å². The molecule has 21 heavy (non-hydrogen) atoms. The molecule has 116 valence electrons. The number of piperazine rings is 1. The Labute approximate surface area is 133 Å². The van der Waals surface area contributed by atoms with Crippen molar-refractivity contribution in [2.24, 2.45) is 11.7 Å². The predicted molar refractivity (Wildman–Crippen MR) is 90.2 cm³/mol. The summed E-state index contributed by atoms with van der Waals surface area (Å²) in [5.74, 6) is 0.983. The van der Waals surface area contributed by atoms with Gasteiger partial charge in [0.25, 0.3) is 0 Å². The van der Waals surface area contributed by atoms with Crippen LogP contribution in [0.1, 0.15) is 25.3 Å². The molecule has 0 spiro atoms. The van der Waals surface area contributed by atoms with Crippen molar-refractivity contribution in [3.05, 3.63) is 28.8 Å². The molecule has 0 radical (unpaired) electrons. The van der Waals surface area contributed by atoms with E-state index < -0.39 is 0 Å². The molecule has 1 atom stereocenters. The Morgan fingerprint density at radius 1 is 1.24 bits per heavy atom. The molecule has 1 aliphatic carbocycles. The van der Waals surface area contributed by atoms with Gasteiger partial charge in [0.1, 0.15) is 0 Å². The smallest absolute Gasteiger partial charge is 0.0459 e. The van der Waals surface area contributed by atoms with E-state index in [2.05, 4.69) is 21.9 Å². The van der Waals surface area contributed by atoms with Crippen molar-refractivity contribution in [1.82, 2.24) is 4.90 Å². The van der Waals surface area contributed by atoms with Crippen LogP contribution in [-0.2, 0) is 6.42 Å². The zero-order chi connectivity index (χ0) is 14.8. The van der Waals surface area contributed by atoms with Crippen molar-refractivity contribution in [1.29, 1.82) is 0 Å². The molecule has 1 saturated carbocycles. The molecule has 1 aromatic rings. The molecular weight excluding hydrogens is 282 g/mol. The summed E-state index contributed by atoms with van der Waals surface area (Å²) >= 11 is 6.41. The van der Waals surface area contributed by atoms with Crippen LogP contribution in [0.25, 0.3) is 0 Å². The third-order valence-corrected chi connectivity index (χ3v) is 4.90. The number of nitrogens with two attached hydrogens (primary N) is 1. The van der Waals surface area contributed by atoms with Crippen LogP contribution in [-0.4, -0.2) is 43.7 Å². The Morgan fingerprint density at radius 2 is 1.95 bits per heavy atom. The molecule has 0 bridgehead atoms. The summed E-state index contributed by atoms with van der Waals surface area (Å²) in [6.45, 7) is 7.87. The molecule has 3 rings (SSSR count). The molecule has 1 saturated heterocycles. The lowest BCUT2D eigenvalue weighted by Gasteiger charge is -2.37. The molecule has 2 fully saturated rings. The molecule has 3 nitrogen and oxygen atoms in total. The second-order valence-electron chi connectivity index (χ2n) is 6.65. The quantitative estimate of drug-likeness (QED) is 0.908. The standard InChI is InChI=1S/C17H26ClN3/c1-13(19)11-15-16(18)3-2-4-17(15)21-9-7-20(8-10-21)12-14-5-6-14/h2-4,13-14H,5-12,19H2,1H3. The second kappa shape index (κ2) is 6.55. The average Bonchev–Trinajstić information content (AvgIpc) is 3.26. The van der Waals surface area contributed by atoms with Crippen LogP contribution in [0.2, 0.25) is 5.02 Å². The van der Waals surface area contributed by atoms with E-state index in [0.717, 1.165) is 30.5 Å². The fourth-order valence-electron chi connectivity index (χ4n) is 3.20. The van der Waals surface area contributed by atoms with Crippen molar-refractivity contribution < 1.29 is 0 Å². The van der Waals surface area contributed by atoms with Gasteiger partial charge in [-0.1, -0.05) is 17.7 Å². The Bertz CT molecular complexity index is 477. The first-order valence-corrected chi connectivity index (χ1v) is 8.51. The van der Waals surface area contributed by atoms with Crippen molar-refractivity contribution in [2.75, 3.05) is 37.6 Å². The third kappa shape index (κ3) is 3.91. The number of hydrogen-bond donors (Lipinski definition) is 1. The number of nitrogens with zero attached hydrogens (tertiary/aromatic N) is 2. The summed E-state index contributed by atoms with van der Waals surface area (Å²) in [5.41, 5.74) is 8.49. The van der Waals surface area contributed by atoms with Crippen LogP contribution < -0.4 is 10.6 Å². The summed E-state index contributed by atoms with van der Waals surface area (Å²) in [5, 5.41) is 0.852. The highest BCUT2D eigenvalue weighted by atomic mass is 35.5. The van der Waals surface area contributed by atoms with Crippen LogP contribution >= 0.6 is 11.6 Å². The van der Waals surface area contributed by atoms with Gasteiger partial charge in [-0.05, 0) is 49.8 Å². The molecular formula is C17H26ClN3. The molecule has 1 unspecified atom stereocenters. The zero-order valence-corrected chi connectivity index (χ0v) is 13.6. The lowest BCUT2D eigenvalue weighted by atomic mass is 10.0. The first-order valence-electron chi connectivity index (χ1n) is 8.13. The average molecular weight is 308 g/mol. The first kappa shape index (κ1) is 15.1. The van der Waals surface area contributed by atoms with Gasteiger partial charge in [-0.2, -0.15) is 0 Å². The predicted octanol–water partition coefficient (Wildman–Crippen LogP) is 2.76. The van der Waals surface area contributed by atoms with Gasteiger partial charge >= 0.3 is 0 Å². The van der Waals surface area contributed by atoms with Gasteiger partial charge < -0.3 is 10.6 Å². The SMILES string of the molecule is CC(N)Cc1c(Cl)cccc1N1CCN(CC2CC2)CC1. The fourth-order valence-corrected chi connectivity index (χ4v) is 3.45. The highest BCUT2D eigenvalue weighted by Gasteiger charge is 2.27. The highest BCUT2D eigenvalue weighted by molar-refractivity contribution is 6.31. The van der Waals surface area contributed by atoms with E-state index in [0.29, 0.717) is 0 Å². The van der Waals surface area contributed by atoms with Crippen LogP contribution in [0.5, 0.6) is 0 Å². The maximum atomic E-state index is 6.41. The molecule has 1 aliphatic heterocycles. The molecule has 1 heterocycles. The lowest BCUT2D eigenvalue weighted by Crippen LogP contribution is -2.47. The Hall–Kier alpha value is -0.770. The number of halogens is 1. The van der Waals surface area contributed by atoms with Crippen molar-refractivity contribution in [2.45, 2.75) is 32.2 Å². The van der Waals surface area contributed by atoms with Gasteiger partial charge in [-0.25, -0.2) is 0 Å². The maximum Gasteiger partial charge on any atom is 0.0459 e. The van der Waals surface area contributed by atoms with E-state index in [1.54, 1.807) is 0 Å². The van der Waals surface area contributed by atoms with E-state index in [-0.39, 0.29) is 6.04 Å². The van der Waals surface area contributed by atoms with Crippen LogP contribution in [0.3, 0.4) is 0 Å². The topological polar surface area (TPSA) is 32.5 Å². The van der Waals surface area contributed by atoms with Gasteiger partial charge in [-0.15, -0.1) is 0 Å². The van der Waals surface area contributed by atoms with Crippen molar-refractivity contribution >= 4 is 17.3 Å². The van der Waals surface area contributed by atoms with E-state index >= 15 is 0 Å². The van der Waals surface area contributed by atoms with Crippen molar-refractivity contribution in [3.8, 4) is 0 Å². The summed E-state index contributed by atoms with van der Waals surface area (Å²) in [7, 11) is 0. The van der Waals surface area contributed by atoms with Gasteiger partial charge in [0.2, 0.25) is 0 Å². The highest BCUT2D eigenvalue weighted by Crippen LogP contribution is 2.32. The van der Waals surface area contributed by atoms with Gasteiger partial charge in [0, 0.05) is 49.5 Å². The molecule has 1 aromatic carbocycles. The normalized spacial score (nSPS) is 21.6. The molecule has 0 amide bonds. The fraction of sp³-hybridized carbons (Fsp3) is 0.647. The van der Waals surface area contributed by atoms with Crippen LogP contribution in [0.15, 0.2) is 18.2 Å². The third-order valence-electron chi connectivity index (χ3n) is 4.55. The summed E-state index contributed by atoms with van der Waals surface area (Å²) in [6, 6.07) is 6.37. The Kier molecular flexibility index (Phi) is 4.72. The summed E-state index contributed by atoms with van der Waals surface area (Å²) in [4.78, 5) is 5.09. The second-order valence-corrected chi connectivity index (χ2v) is 7.06. The Morgan fingerprint density at radius 3 is 2.57 bits per heavy atom. The molecule has 4 heteroatoms. The van der Waals surface area contributed by atoms with Crippen LogP contribution in [0.4, 0.5) is 5.69 Å². The number of anilines is 1. The monoisotopic (exact) mass is 307 g/mol. The molecule has 2 N–H and O–H groups in total. The van der Waals surface area contributed by atoms with E-state index in [1.807, 2.05) is 13.0 Å². The summed E-state index contributed by atoms with van der Waals surface area (Å²) in [6.07, 6.45) is 3.72. The lowest BCUT2D eigenvalue weighted by molar-refractivity contribution is 0.248. The molecule has 2 aliphatic rings. The van der Waals surface area contributed by atoms with Crippen LogP contribution in [0, 0.1) is 5.92 Å². The number of benzene rings is 1. The van der Waals surface area contributed by atoms with Crippen molar-refractivity contribution in [3.63, 3.8) is 0 Å². The number of rotatable bonds is 5. The Balaban J connectivity index is 1.67. The van der Waals surface area contributed by atoms with Gasteiger partial charge in [0.05, 0.1) is 0 Å². The minimum absolute atomic E-state index is 0.139.